The van der Waals surface area contributed by atoms with Crippen molar-refractivity contribution in [2.75, 3.05) is 12.4 Å². The third-order valence-corrected chi connectivity index (χ3v) is 5.15. The quantitative estimate of drug-likeness (QED) is 0.458. The van der Waals surface area contributed by atoms with Crippen LogP contribution in [-0.2, 0) is 11.0 Å². The van der Waals surface area contributed by atoms with Gasteiger partial charge in [0, 0.05) is 23.1 Å². The fourth-order valence-corrected chi connectivity index (χ4v) is 3.25. The van der Waals surface area contributed by atoms with Gasteiger partial charge in [-0.15, -0.1) is 0 Å². The van der Waals surface area contributed by atoms with E-state index < -0.39 is 17.6 Å². The van der Waals surface area contributed by atoms with Crippen molar-refractivity contribution in [3.05, 3.63) is 63.9 Å². The molecule has 0 aliphatic rings. The standard InChI is InChI=1S/C22H19ClF3NO3/c1-11(15-9-16-12(2)13(3)30-20(16)10-19(15)29-4)7-21(28)27-18-8-14(22(24,25)26)5-6-17(18)23/h5-10H,1-4H3,(H,27,28)/b11-7+. The highest BCUT2D eigenvalue weighted by molar-refractivity contribution is 6.33. The first kappa shape index (κ1) is 21.8. The molecule has 30 heavy (non-hydrogen) atoms. The summed E-state index contributed by atoms with van der Waals surface area (Å²) in [5, 5.41) is 3.30. The molecule has 0 spiro atoms. The monoisotopic (exact) mass is 437 g/mol. The summed E-state index contributed by atoms with van der Waals surface area (Å²) < 4.78 is 49.9. The number of anilines is 1. The number of aryl methyl sites for hydroxylation is 2. The van der Waals surface area contributed by atoms with Crippen LogP contribution in [0.15, 0.2) is 40.8 Å². The highest BCUT2D eigenvalue weighted by Gasteiger charge is 2.31. The summed E-state index contributed by atoms with van der Waals surface area (Å²) in [6, 6.07) is 6.35. The highest BCUT2D eigenvalue weighted by atomic mass is 35.5. The Labute approximate surface area is 176 Å². The summed E-state index contributed by atoms with van der Waals surface area (Å²) in [5.74, 6) is 0.675. The Morgan fingerprint density at radius 2 is 1.90 bits per heavy atom. The minimum Gasteiger partial charge on any atom is -0.496 e. The number of amides is 1. The molecule has 0 unspecified atom stereocenters. The Bertz CT molecular complexity index is 1160. The van der Waals surface area contributed by atoms with E-state index in [0.717, 1.165) is 34.9 Å². The molecule has 1 N–H and O–H groups in total. The van der Waals surface area contributed by atoms with Gasteiger partial charge in [0.15, 0.2) is 0 Å². The number of furan rings is 1. The lowest BCUT2D eigenvalue weighted by Crippen LogP contribution is -2.11. The maximum Gasteiger partial charge on any atom is 0.416 e. The third kappa shape index (κ3) is 4.31. The Morgan fingerprint density at radius 1 is 1.20 bits per heavy atom. The van der Waals surface area contributed by atoms with Gasteiger partial charge in [-0.2, -0.15) is 13.2 Å². The zero-order chi connectivity index (χ0) is 22.2. The number of ether oxygens (including phenoxy) is 1. The van der Waals surface area contributed by atoms with Gasteiger partial charge >= 0.3 is 6.18 Å². The molecule has 3 rings (SSSR count). The van der Waals surface area contributed by atoms with E-state index in [0.29, 0.717) is 22.5 Å². The van der Waals surface area contributed by atoms with Crippen LogP contribution in [0, 0.1) is 13.8 Å². The van der Waals surface area contributed by atoms with Crippen LogP contribution < -0.4 is 10.1 Å². The SMILES string of the molecule is COc1cc2oc(C)c(C)c2cc1/C(C)=C/C(=O)Nc1cc(C(F)(F)F)ccc1Cl. The van der Waals surface area contributed by atoms with Gasteiger partial charge in [0.25, 0.3) is 0 Å². The number of nitrogens with one attached hydrogen (secondary N) is 1. The van der Waals surface area contributed by atoms with Gasteiger partial charge in [-0.05, 0) is 56.2 Å². The molecule has 1 heterocycles. The maximum atomic E-state index is 12.9. The van der Waals surface area contributed by atoms with Crippen molar-refractivity contribution in [1.82, 2.24) is 0 Å². The molecule has 4 nitrogen and oxygen atoms in total. The molecule has 0 radical (unpaired) electrons. The number of methoxy groups -OCH3 is 1. The topological polar surface area (TPSA) is 51.5 Å². The molecule has 1 amide bonds. The average molecular weight is 438 g/mol. The zero-order valence-electron chi connectivity index (χ0n) is 16.7. The molecule has 0 saturated heterocycles. The molecular formula is C22H19ClF3NO3. The minimum atomic E-state index is -4.54. The number of fused-ring (bicyclic) bond motifs is 1. The number of carbonyl (C=O) groups excluding carboxylic acids is 1. The Hall–Kier alpha value is -2.93. The molecule has 0 fully saturated rings. The Kier molecular flexibility index (Phi) is 5.85. The summed E-state index contributed by atoms with van der Waals surface area (Å²) in [4.78, 5) is 12.5. The predicted octanol–water partition coefficient (Wildman–Crippen LogP) is 6.77. The second kappa shape index (κ2) is 8.07. The summed E-state index contributed by atoms with van der Waals surface area (Å²) in [6.45, 7) is 5.49. The number of hydrogen-bond donors (Lipinski definition) is 1. The van der Waals surface area contributed by atoms with Crippen molar-refractivity contribution >= 4 is 39.7 Å². The van der Waals surface area contributed by atoms with Crippen molar-refractivity contribution in [2.24, 2.45) is 0 Å². The van der Waals surface area contributed by atoms with Crippen molar-refractivity contribution in [3.63, 3.8) is 0 Å². The minimum absolute atomic E-state index is 0.00546. The molecule has 2 aromatic carbocycles. The van der Waals surface area contributed by atoms with Crippen LogP contribution in [0.25, 0.3) is 16.5 Å². The van der Waals surface area contributed by atoms with Crippen LogP contribution in [0.1, 0.15) is 29.4 Å². The second-order valence-electron chi connectivity index (χ2n) is 6.84. The fraction of sp³-hybridized carbons (Fsp3) is 0.227. The Balaban J connectivity index is 1.94. The number of alkyl halides is 3. The van der Waals surface area contributed by atoms with Crippen molar-refractivity contribution in [1.29, 1.82) is 0 Å². The highest BCUT2D eigenvalue weighted by Crippen LogP contribution is 2.36. The van der Waals surface area contributed by atoms with Crippen LogP contribution in [0.2, 0.25) is 5.02 Å². The molecule has 0 atom stereocenters. The number of carbonyl (C=O) groups is 1. The lowest BCUT2D eigenvalue weighted by Gasteiger charge is -2.12. The largest absolute Gasteiger partial charge is 0.496 e. The molecule has 0 aliphatic heterocycles. The number of rotatable bonds is 4. The summed E-state index contributed by atoms with van der Waals surface area (Å²) in [6.07, 6.45) is -3.26. The van der Waals surface area contributed by atoms with E-state index in [9.17, 15) is 18.0 Å². The van der Waals surface area contributed by atoms with Crippen molar-refractivity contribution in [2.45, 2.75) is 26.9 Å². The molecule has 0 bridgehead atoms. The number of benzene rings is 2. The first-order valence-electron chi connectivity index (χ1n) is 8.95. The number of halogens is 4. The first-order valence-corrected chi connectivity index (χ1v) is 9.33. The van der Waals surface area contributed by atoms with E-state index >= 15 is 0 Å². The lowest BCUT2D eigenvalue weighted by molar-refractivity contribution is -0.137. The first-order chi connectivity index (χ1) is 14.0. The molecule has 0 aliphatic carbocycles. The van der Waals surface area contributed by atoms with Crippen LogP contribution >= 0.6 is 11.6 Å². The smallest absolute Gasteiger partial charge is 0.416 e. The molecule has 158 valence electrons. The number of allylic oxidation sites excluding steroid dienone is 1. The fourth-order valence-electron chi connectivity index (χ4n) is 3.09. The van der Waals surface area contributed by atoms with E-state index in [-0.39, 0.29) is 10.7 Å². The van der Waals surface area contributed by atoms with Gasteiger partial charge in [-0.1, -0.05) is 11.6 Å². The summed E-state index contributed by atoms with van der Waals surface area (Å²) in [7, 11) is 1.50. The van der Waals surface area contributed by atoms with Crippen LogP contribution in [0.5, 0.6) is 5.75 Å². The molecule has 3 aromatic rings. The molecular weight excluding hydrogens is 419 g/mol. The maximum absolute atomic E-state index is 12.9. The van der Waals surface area contributed by atoms with Crippen LogP contribution in [-0.4, -0.2) is 13.0 Å². The zero-order valence-corrected chi connectivity index (χ0v) is 17.5. The normalized spacial score (nSPS) is 12.3. The van der Waals surface area contributed by atoms with Gasteiger partial charge in [-0.25, -0.2) is 0 Å². The Morgan fingerprint density at radius 3 is 2.53 bits per heavy atom. The molecule has 1 aromatic heterocycles. The van der Waals surface area contributed by atoms with E-state index in [2.05, 4.69) is 5.32 Å². The van der Waals surface area contributed by atoms with E-state index in [1.54, 1.807) is 13.0 Å². The van der Waals surface area contributed by atoms with E-state index in [4.69, 9.17) is 20.8 Å². The summed E-state index contributed by atoms with van der Waals surface area (Å²) in [5.41, 5.74) is 1.84. The summed E-state index contributed by atoms with van der Waals surface area (Å²) >= 11 is 5.94. The van der Waals surface area contributed by atoms with Gasteiger partial charge in [0.1, 0.15) is 17.1 Å². The van der Waals surface area contributed by atoms with Gasteiger partial charge in [-0.3, -0.25) is 4.79 Å². The van der Waals surface area contributed by atoms with Crippen LogP contribution in [0.4, 0.5) is 18.9 Å². The third-order valence-electron chi connectivity index (χ3n) is 4.82. The molecule has 0 saturated carbocycles. The average Bonchev–Trinajstić information content (AvgIpc) is 2.94. The van der Waals surface area contributed by atoms with Crippen molar-refractivity contribution in [3.8, 4) is 5.75 Å². The van der Waals surface area contributed by atoms with Gasteiger partial charge in [0.2, 0.25) is 5.91 Å². The van der Waals surface area contributed by atoms with Gasteiger partial charge in [0.05, 0.1) is 23.4 Å². The lowest BCUT2D eigenvalue weighted by atomic mass is 10.0. The van der Waals surface area contributed by atoms with Crippen molar-refractivity contribution < 1.29 is 27.1 Å². The van der Waals surface area contributed by atoms with E-state index in [1.807, 2.05) is 19.9 Å². The van der Waals surface area contributed by atoms with Crippen LogP contribution in [0.3, 0.4) is 0 Å². The predicted molar refractivity (Wildman–Crippen MR) is 111 cm³/mol. The number of hydrogen-bond acceptors (Lipinski definition) is 3. The van der Waals surface area contributed by atoms with E-state index in [1.165, 1.54) is 13.2 Å². The second-order valence-corrected chi connectivity index (χ2v) is 7.25. The van der Waals surface area contributed by atoms with Gasteiger partial charge < -0.3 is 14.5 Å². The molecule has 8 heteroatoms.